The van der Waals surface area contributed by atoms with Crippen LogP contribution in [-0.4, -0.2) is 18.7 Å². The lowest BCUT2D eigenvalue weighted by molar-refractivity contribution is 0.536. The van der Waals surface area contributed by atoms with Gasteiger partial charge in [-0.25, -0.2) is 18.7 Å². The highest BCUT2D eigenvalue weighted by molar-refractivity contribution is 5.73. The topological polar surface area (TPSA) is 61.8 Å². The maximum absolute atomic E-state index is 13.4. The second kappa shape index (κ2) is 7.16. The molecule has 1 atom stereocenters. The number of benzene rings is 2. The summed E-state index contributed by atoms with van der Waals surface area (Å²) in [6.45, 7) is 5.54. The Hall–Kier alpha value is -3.48. The summed E-state index contributed by atoms with van der Waals surface area (Å²) in [4.78, 5) is 30.8. The maximum Gasteiger partial charge on any atom is 0.337 e. The van der Waals surface area contributed by atoms with Crippen LogP contribution in [0.4, 0.5) is 4.39 Å². The number of hydrogen-bond acceptors (Lipinski definition) is 3. The highest BCUT2D eigenvalue weighted by Crippen LogP contribution is 2.22. The number of halogens is 1. The van der Waals surface area contributed by atoms with Crippen LogP contribution in [0.5, 0.6) is 0 Å². The van der Waals surface area contributed by atoms with Gasteiger partial charge in [0.05, 0.1) is 18.1 Å². The van der Waals surface area contributed by atoms with Crippen LogP contribution in [0.1, 0.15) is 38.4 Å². The van der Waals surface area contributed by atoms with Gasteiger partial charge in [0.2, 0.25) is 0 Å². The third-order valence-corrected chi connectivity index (χ3v) is 5.11. The Morgan fingerprint density at radius 2 is 1.59 bits per heavy atom. The summed E-state index contributed by atoms with van der Waals surface area (Å²) in [5, 5.41) is 0. The van der Waals surface area contributed by atoms with Crippen molar-refractivity contribution in [2.24, 2.45) is 0 Å². The van der Waals surface area contributed by atoms with Crippen LogP contribution in [-0.2, 0) is 0 Å². The molecule has 0 fully saturated rings. The van der Waals surface area contributed by atoms with E-state index in [1.165, 1.54) is 33.4 Å². The van der Waals surface area contributed by atoms with Gasteiger partial charge in [-0.15, -0.1) is 0 Å². The minimum absolute atomic E-state index is 0.159. The molecule has 0 aliphatic rings. The van der Waals surface area contributed by atoms with Gasteiger partial charge in [-0.3, -0.25) is 9.36 Å². The van der Waals surface area contributed by atoms with Crippen molar-refractivity contribution in [3.8, 4) is 5.69 Å². The van der Waals surface area contributed by atoms with Gasteiger partial charge in [0.15, 0.2) is 11.2 Å². The Bertz CT molecular complexity index is 1280. The van der Waals surface area contributed by atoms with E-state index in [0.29, 0.717) is 11.2 Å². The summed E-state index contributed by atoms with van der Waals surface area (Å²) in [6.07, 6.45) is 1.58. The normalized spacial score (nSPS) is 12.6. The monoisotopic (exact) mass is 392 g/mol. The molecule has 4 aromatic rings. The Morgan fingerprint density at radius 3 is 2.21 bits per heavy atom. The Morgan fingerprint density at radius 1 is 0.931 bits per heavy atom. The predicted molar refractivity (Wildman–Crippen MR) is 110 cm³/mol. The SMILES string of the molecule is CC(C)n1c(=O)c2c(ncn2C(C)c2ccccc2)n(-c2ccc(F)cc2)c1=O. The van der Waals surface area contributed by atoms with Crippen LogP contribution in [0.15, 0.2) is 70.5 Å². The zero-order valence-electron chi connectivity index (χ0n) is 16.4. The first kappa shape index (κ1) is 18.9. The van der Waals surface area contributed by atoms with E-state index in [1.54, 1.807) is 24.7 Å². The summed E-state index contributed by atoms with van der Waals surface area (Å²) < 4.78 is 17.8. The van der Waals surface area contributed by atoms with Crippen LogP contribution in [0.25, 0.3) is 16.9 Å². The Labute approximate surface area is 166 Å². The third kappa shape index (κ3) is 3.08. The summed E-state index contributed by atoms with van der Waals surface area (Å²) >= 11 is 0. The highest BCUT2D eigenvalue weighted by Gasteiger charge is 2.22. The van der Waals surface area contributed by atoms with Crippen molar-refractivity contribution >= 4 is 11.2 Å². The van der Waals surface area contributed by atoms with E-state index in [-0.39, 0.29) is 17.7 Å². The number of fused-ring (bicyclic) bond motifs is 1. The minimum Gasteiger partial charge on any atom is -0.317 e. The van der Waals surface area contributed by atoms with Crippen molar-refractivity contribution in [1.29, 1.82) is 0 Å². The molecule has 7 heteroatoms. The smallest absolute Gasteiger partial charge is 0.317 e. The van der Waals surface area contributed by atoms with Gasteiger partial charge in [0.25, 0.3) is 5.56 Å². The Kier molecular flexibility index (Phi) is 4.66. The quantitative estimate of drug-likeness (QED) is 0.532. The molecule has 29 heavy (non-hydrogen) atoms. The van der Waals surface area contributed by atoms with Gasteiger partial charge in [-0.05, 0) is 50.6 Å². The van der Waals surface area contributed by atoms with Gasteiger partial charge in [-0.2, -0.15) is 0 Å². The van der Waals surface area contributed by atoms with Gasteiger partial charge >= 0.3 is 5.69 Å². The predicted octanol–water partition coefficient (Wildman–Crippen LogP) is 3.68. The fraction of sp³-hybridized carbons (Fsp3) is 0.227. The zero-order valence-corrected chi connectivity index (χ0v) is 16.4. The van der Waals surface area contributed by atoms with Crippen molar-refractivity contribution < 1.29 is 4.39 Å². The van der Waals surface area contributed by atoms with E-state index in [1.807, 2.05) is 37.3 Å². The minimum atomic E-state index is -0.498. The molecular weight excluding hydrogens is 371 g/mol. The average Bonchev–Trinajstić information content (AvgIpc) is 3.14. The molecule has 0 aliphatic heterocycles. The first-order chi connectivity index (χ1) is 13.9. The zero-order chi connectivity index (χ0) is 20.7. The van der Waals surface area contributed by atoms with Crippen molar-refractivity contribution in [2.75, 3.05) is 0 Å². The number of nitrogens with zero attached hydrogens (tertiary/aromatic N) is 4. The molecular formula is C22H21FN4O2. The molecule has 2 aromatic heterocycles. The van der Waals surface area contributed by atoms with Crippen LogP contribution >= 0.6 is 0 Å². The molecule has 0 radical (unpaired) electrons. The van der Waals surface area contributed by atoms with Crippen LogP contribution in [0.3, 0.4) is 0 Å². The lowest BCUT2D eigenvalue weighted by atomic mass is 10.1. The molecule has 0 spiro atoms. The van der Waals surface area contributed by atoms with E-state index in [0.717, 1.165) is 5.56 Å². The van der Waals surface area contributed by atoms with Crippen molar-refractivity contribution in [1.82, 2.24) is 18.7 Å². The van der Waals surface area contributed by atoms with Crippen molar-refractivity contribution in [3.63, 3.8) is 0 Å². The molecule has 0 amide bonds. The third-order valence-electron chi connectivity index (χ3n) is 5.11. The maximum atomic E-state index is 13.4. The summed E-state index contributed by atoms with van der Waals surface area (Å²) in [5.41, 5.74) is 1.17. The lowest BCUT2D eigenvalue weighted by Gasteiger charge is -2.17. The summed E-state index contributed by atoms with van der Waals surface area (Å²) in [5.74, 6) is -0.404. The largest absolute Gasteiger partial charge is 0.337 e. The van der Waals surface area contributed by atoms with E-state index in [4.69, 9.17) is 0 Å². The van der Waals surface area contributed by atoms with Gasteiger partial charge in [0.1, 0.15) is 5.82 Å². The van der Waals surface area contributed by atoms with E-state index in [9.17, 15) is 14.0 Å². The molecule has 0 saturated heterocycles. The molecule has 2 aromatic carbocycles. The molecule has 0 saturated carbocycles. The average molecular weight is 392 g/mol. The standard InChI is InChI=1S/C22H21FN4O2/c1-14(2)26-21(28)19-20(27(22(26)29)18-11-9-17(23)10-12-18)24-13-25(19)15(3)16-7-5-4-6-8-16/h4-15H,1-3H3. The lowest BCUT2D eigenvalue weighted by Crippen LogP contribution is -2.41. The van der Waals surface area contributed by atoms with Crippen molar-refractivity contribution in [2.45, 2.75) is 32.9 Å². The number of rotatable bonds is 4. The molecule has 0 bridgehead atoms. The molecule has 0 aliphatic carbocycles. The molecule has 1 unspecified atom stereocenters. The van der Waals surface area contributed by atoms with Crippen molar-refractivity contribution in [3.05, 3.63) is 93.1 Å². The molecule has 2 heterocycles. The van der Waals surface area contributed by atoms with E-state index in [2.05, 4.69) is 4.98 Å². The highest BCUT2D eigenvalue weighted by atomic mass is 19.1. The first-order valence-corrected chi connectivity index (χ1v) is 9.45. The van der Waals surface area contributed by atoms with Crippen LogP contribution in [0.2, 0.25) is 0 Å². The van der Waals surface area contributed by atoms with Gasteiger partial charge < -0.3 is 4.57 Å². The van der Waals surface area contributed by atoms with Gasteiger partial charge in [0, 0.05) is 6.04 Å². The second-order valence-electron chi connectivity index (χ2n) is 7.27. The van der Waals surface area contributed by atoms with Crippen LogP contribution < -0.4 is 11.2 Å². The number of hydrogen-bond donors (Lipinski definition) is 0. The molecule has 6 nitrogen and oxygen atoms in total. The molecule has 0 N–H and O–H groups in total. The fourth-order valence-electron chi connectivity index (χ4n) is 3.58. The van der Waals surface area contributed by atoms with Gasteiger partial charge in [-0.1, -0.05) is 30.3 Å². The number of imidazole rings is 1. The fourth-order valence-corrected chi connectivity index (χ4v) is 3.58. The van der Waals surface area contributed by atoms with Crippen LogP contribution in [0, 0.1) is 5.82 Å². The first-order valence-electron chi connectivity index (χ1n) is 9.45. The second-order valence-corrected chi connectivity index (χ2v) is 7.27. The number of aromatic nitrogens is 4. The molecule has 148 valence electrons. The summed E-state index contributed by atoms with van der Waals surface area (Å²) in [6, 6.07) is 14.8. The summed E-state index contributed by atoms with van der Waals surface area (Å²) in [7, 11) is 0. The van der Waals surface area contributed by atoms with E-state index >= 15 is 0 Å². The molecule has 4 rings (SSSR count). The Balaban J connectivity index is 2.07. The van der Waals surface area contributed by atoms with E-state index < -0.39 is 17.1 Å².